The lowest BCUT2D eigenvalue weighted by Crippen LogP contribution is -2.39. The molecule has 0 atom stereocenters. The highest BCUT2D eigenvalue weighted by atomic mass is 35.5. The number of aliphatic carboxylic acids is 1. The standard InChI is InChI=1S/C24H28ClN5O3/c25-17-12-20-24(27-14-17)29-23(28-20)16-3-6-21(26-13-16)30-9-7-19(8-10-30)33-18-4-1-15(2-5-18)11-22(31)32/h3,6,12-15,18-19H,1-2,4-5,7-11H2,(H,31,32)(H,27,28,29)/t15-,18-. The van der Waals surface area contributed by atoms with Crippen LogP contribution in [0.15, 0.2) is 30.6 Å². The third-order valence-electron chi connectivity index (χ3n) is 6.73. The summed E-state index contributed by atoms with van der Waals surface area (Å²) in [5.74, 6) is 1.31. The predicted molar refractivity (Wildman–Crippen MR) is 126 cm³/mol. The number of H-pyrrole nitrogens is 1. The lowest BCUT2D eigenvalue weighted by Gasteiger charge is -2.36. The first kappa shape index (κ1) is 22.1. The van der Waals surface area contributed by atoms with Crippen molar-refractivity contribution in [1.29, 1.82) is 0 Å². The van der Waals surface area contributed by atoms with Gasteiger partial charge in [0.25, 0.3) is 0 Å². The Labute approximate surface area is 197 Å². The van der Waals surface area contributed by atoms with Gasteiger partial charge in [0.2, 0.25) is 0 Å². The van der Waals surface area contributed by atoms with Crippen molar-refractivity contribution in [2.45, 2.75) is 57.2 Å². The number of ether oxygens (including phenoxy) is 1. The smallest absolute Gasteiger partial charge is 0.303 e. The normalized spacial score (nSPS) is 22.0. The van der Waals surface area contributed by atoms with Gasteiger partial charge in [0, 0.05) is 37.5 Å². The van der Waals surface area contributed by atoms with Crippen LogP contribution in [0.5, 0.6) is 0 Å². The van der Waals surface area contributed by atoms with Crippen LogP contribution in [0.25, 0.3) is 22.6 Å². The van der Waals surface area contributed by atoms with Gasteiger partial charge in [-0.2, -0.15) is 0 Å². The molecule has 174 valence electrons. The van der Waals surface area contributed by atoms with E-state index >= 15 is 0 Å². The van der Waals surface area contributed by atoms with E-state index in [9.17, 15) is 4.79 Å². The zero-order chi connectivity index (χ0) is 22.8. The van der Waals surface area contributed by atoms with Crippen molar-refractivity contribution in [3.63, 3.8) is 0 Å². The highest BCUT2D eigenvalue weighted by molar-refractivity contribution is 6.31. The van der Waals surface area contributed by atoms with Crippen LogP contribution >= 0.6 is 11.6 Å². The van der Waals surface area contributed by atoms with E-state index in [4.69, 9.17) is 21.4 Å². The molecule has 0 amide bonds. The number of carboxylic acids is 1. The summed E-state index contributed by atoms with van der Waals surface area (Å²) in [5.41, 5.74) is 2.35. The van der Waals surface area contributed by atoms with Crippen molar-refractivity contribution in [2.24, 2.45) is 5.92 Å². The molecule has 2 N–H and O–H groups in total. The molecular weight excluding hydrogens is 442 g/mol. The van der Waals surface area contributed by atoms with Crippen LogP contribution in [0, 0.1) is 5.92 Å². The summed E-state index contributed by atoms with van der Waals surface area (Å²) in [5, 5.41) is 9.53. The summed E-state index contributed by atoms with van der Waals surface area (Å²) < 4.78 is 6.36. The monoisotopic (exact) mass is 469 g/mol. The van der Waals surface area contributed by atoms with Gasteiger partial charge in [0.1, 0.15) is 17.2 Å². The van der Waals surface area contributed by atoms with E-state index in [1.54, 1.807) is 12.3 Å². The van der Waals surface area contributed by atoms with E-state index in [0.717, 1.165) is 74.3 Å². The molecule has 5 rings (SSSR count). The Morgan fingerprint density at radius 1 is 1.09 bits per heavy atom. The maximum Gasteiger partial charge on any atom is 0.303 e. The zero-order valence-corrected chi connectivity index (χ0v) is 19.2. The fraction of sp³-hybridized carbons (Fsp3) is 0.500. The molecule has 1 aliphatic heterocycles. The van der Waals surface area contributed by atoms with E-state index in [1.807, 2.05) is 18.3 Å². The van der Waals surface area contributed by atoms with Crippen LogP contribution in [0.3, 0.4) is 0 Å². The van der Waals surface area contributed by atoms with Crippen LogP contribution in [0.4, 0.5) is 5.82 Å². The van der Waals surface area contributed by atoms with Gasteiger partial charge >= 0.3 is 5.97 Å². The second-order valence-corrected chi connectivity index (χ2v) is 9.51. The first-order valence-electron chi connectivity index (χ1n) is 11.6. The van der Waals surface area contributed by atoms with Gasteiger partial charge in [0.05, 0.1) is 17.2 Å². The maximum atomic E-state index is 10.9. The largest absolute Gasteiger partial charge is 0.481 e. The second-order valence-electron chi connectivity index (χ2n) is 9.07. The summed E-state index contributed by atoms with van der Waals surface area (Å²) in [7, 11) is 0. The van der Waals surface area contributed by atoms with Gasteiger partial charge in [0.15, 0.2) is 5.65 Å². The number of carbonyl (C=O) groups is 1. The number of nitrogens with zero attached hydrogens (tertiary/aromatic N) is 4. The van der Waals surface area contributed by atoms with Crippen molar-refractivity contribution < 1.29 is 14.6 Å². The SMILES string of the molecule is O=C(O)C[C@H]1CC[C@H](OC2CCN(c3ccc(-c4nc5cc(Cl)cnc5[nH]4)cn3)CC2)CC1. The quantitative estimate of drug-likeness (QED) is 0.539. The number of carboxylic acid groups (broad SMARTS) is 1. The van der Waals surface area contributed by atoms with E-state index in [-0.39, 0.29) is 12.2 Å². The lowest BCUT2D eigenvalue weighted by molar-refractivity contribution is -0.138. The number of nitrogens with one attached hydrogen (secondary N) is 1. The minimum Gasteiger partial charge on any atom is -0.481 e. The molecule has 0 spiro atoms. The molecule has 4 heterocycles. The molecular formula is C24H28ClN5O3. The van der Waals surface area contributed by atoms with Crippen LogP contribution in [0.1, 0.15) is 44.9 Å². The number of aromatic amines is 1. The van der Waals surface area contributed by atoms with Crippen molar-refractivity contribution in [3.8, 4) is 11.4 Å². The summed E-state index contributed by atoms with van der Waals surface area (Å²) in [4.78, 5) is 29.9. The summed E-state index contributed by atoms with van der Waals surface area (Å²) in [6.07, 6.45) is 10.1. The van der Waals surface area contributed by atoms with Crippen LogP contribution < -0.4 is 4.90 Å². The number of piperidine rings is 1. The van der Waals surface area contributed by atoms with Gasteiger partial charge in [-0.05, 0) is 62.6 Å². The minimum absolute atomic E-state index is 0.274. The van der Waals surface area contributed by atoms with Crippen molar-refractivity contribution >= 4 is 34.6 Å². The fourth-order valence-electron chi connectivity index (χ4n) is 4.93. The molecule has 2 fully saturated rings. The third-order valence-corrected chi connectivity index (χ3v) is 6.94. The first-order chi connectivity index (χ1) is 16.0. The van der Waals surface area contributed by atoms with Gasteiger partial charge in [-0.15, -0.1) is 0 Å². The minimum atomic E-state index is -0.687. The van der Waals surface area contributed by atoms with E-state index in [1.165, 1.54) is 0 Å². The van der Waals surface area contributed by atoms with Crippen LogP contribution in [-0.2, 0) is 9.53 Å². The van der Waals surface area contributed by atoms with E-state index in [0.29, 0.717) is 23.0 Å². The molecule has 3 aromatic rings. The Kier molecular flexibility index (Phi) is 6.46. The summed E-state index contributed by atoms with van der Waals surface area (Å²) in [6.45, 7) is 1.83. The summed E-state index contributed by atoms with van der Waals surface area (Å²) >= 11 is 6.00. The van der Waals surface area contributed by atoms with Crippen LogP contribution in [0.2, 0.25) is 5.02 Å². The topological polar surface area (TPSA) is 104 Å². The Bertz CT molecular complexity index is 1100. The van der Waals surface area contributed by atoms with Gasteiger partial charge < -0.3 is 19.7 Å². The Morgan fingerprint density at radius 3 is 2.55 bits per heavy atom. The number of fused-ring (bicyclic) bond motifs is 1. The molecule has 0 unspecified atom stereocenters. The lowest BCUT2D eigenvalue weighted by atomic mass is 9.85. The molecule has 3 aromatic heterocycles. The molecule has 0 bridgehead atoms. The average Bonchev–Trinajstić information content (AvgIpc) is 3.24. The number of imidazole rings is 1. The molecule has 0 aromatic carbocycles. The van der Waals surface area contributed by atoms with E-state index in [2.05, 4.69) is 24.8 Å². The maximum absolute atomic E-state index is 10.9. The molecule has 1 saturated heterocycles. The third kappa shape index (κ3) is 5.28. The first-order valence-corrected chi connectivity index (χ1v) is 12.0. The highest BCUT2D eigenvalue weighted by Crippen LogP contribution is 2.31. The molecule has 33 heavy (non-hydrogen) atoms. The van der Waals surface area contributed by atoms with Crippen LogP contribution in [-0.4, -0.2) is 56.3 Å². The number of anilines is 1. The van der Waals surface area contributed by atoms with Gasteiger partial charge in [-0.3, -0.25) is 4.79 Å². The predicted octanol–water partition coefficient (Wildman–Crippen LogP) is 4.69. The molecule has 8 nitrogen and oxygen atoms in total. The van der Waals surface area contributed by atoms with Gasteiger partial charge in [-0.25, -0.2) is 15.0 Å². The Hall–Kier alpha value is -2.71. The van der Waals surface area contributed by atoms with Crippen molar-refractivity contribution in [2.75, 3.05) is 18.0 Å². The fourth-order valence-corrected chi connectivity index (χ4v) is 5.08. The number of hydrogen-bond acceptors (Lipinski definition) is 6. The number of halogens is 1. The van der Waals surface area contributed by atoms with E-state index < -0.39 is 5.97 Å². The number of pyridine rings is 2. The number of aromatic nitrogens is 4. The number of hydrogen-bond donors (Lipinski definition) is 2. The average molecular weight is 470 g/mol. The molecule has 2 aliphatic rings. The zero-order valence-electron chi connectivity index (χ0n) is 18.4. The Balaban J connectivity index is 1.12. The molecule has 9 heteroatoms. The molecule has 0 radical (unpaired) electrons. The Morgan fingerprint density at radius 2 is 1.85 bits per heavy atom. The van der Waals surface area contributed by atoms with Crippen molar-refractivity contribution in [1.82, 2.24) is 19.9 Å². The van der Waals surface area contributed by atoms with Crippen molar-refractivity contribution in [3.05, 3.63) is 35.6 Å². The summed E-state index contributed by atoms with van der Waals surface area (Å²) in [6, 6.07) is 5.85. The second kappa shape index (κ2) is 9.65. The molecule has 1 aliphatic carbocycles. The number of rotatable bonds is 6. The molecule has 1 saturated carbocycles. The van der Waals surface area contributed by atoms with Gasteiger partial charge in [-0.1, -0.05) is 11.6 Å². The highest BCUT2D eigenvalue weighted by Gasteiger charge is 2.28.